The van der Waals surface area contributed by atoms with Crippen molar-refractivity contribution in [3.05, 3.63) is 29.3 Å². The van der Waals surface area contributed by atoms with E-state index in [9.17, 15) is 9.90 Å². The van der Waals surface area contributed by atoms with Crippen LogP contribution >= 0.6 is 0 Å². The average Bonchev–Trinajstić information content (AvgIpc) is 2.54. The Labute approximate surface area is 153 Å². The van der Waals surface area contributed by atoms with Crippen molar-refractivity contribution in [3.63, 3.8) is 0 Å². The van der Waals surface area contributed by atoms with Crippen molar-refractivity contribution < 1.29 is 28.8 Å². The van der Waals surface area contributed by atoms with Crippen LogP contribution in [0.3, 0.4) is 0 Å². The molecule has 0 bridgehead atoms. The van der Waals surface area contributed by atoms with E-state index in [1.54, 1.807) is 13.8 Å². The number of ether oxygens (including phenoxy) is 4. The van der Waals surface area contributed by atoms with Crippen molar-refractivity contribution in [1.29, 1.82) is 0 Å². The molecule has 0 saturated carbocycles. The molecule has 144 valence electrons. The average molecular weight is 365 g/mol. The molecule has 7 heteroatoms. The van der Waals surface area contributed by atoms with Gasteiger partial charge in [-0.15, -0.1) is 0 Å². The van der Waals surface area contributed by atoms with Crippen LogP contribution in [0.15, 0.2) is 18.2 Å². The second-order valence-corrected chi connectivity index (χ2v) is 7.39. The first-order valence-corrected chi connectivity index (χ1v) is 8.83. The Morgan fingerprint density at radius 2 is 1.96 bits per heavy atom. The third-order valence-corrected chi connectivity index (χ3v) is 4.70. The molecule has 1 aromatic rings. The highest BCUT2D eigenvalue weighted by Crippen LogP contribution is 2.34. The fraction of sp³-hybridized carbons (Fsp3) is 0.632. The summed E-state index contributed by atoms with van der Waals surface area (Å²) >= 11 is 0. The van der Waals surface area contributed by atoms with E-state index >= 15 is 0 Å². The lowest BCUT2D eigenvalue weighted by atomic mass is 9.95. The van der Waals surface area contributed by atoms with E-state index in [4.69, 9.17) is 18.9 Å². The molecule has 5 atom stereocenters. The van der Waals surface area contributed by atoms with Gasteiger partial charge in [-0.3, -0.25) is 4.79 Å². The maximum absolute atomic E-state index is 11.7. The van der Waals surface area contributed by atoms with Crippen LogP contribution in [-0.2, 0) is 19.0 Å². The van der Waals surface area contributed by atoms with Crippen LogP contribution in [0.25, 0.3) is 0 Å². The number of benzene rings is 1. The van der Waals surface area contributed by atoms with Crippen LogP contribution < -0.4 is 10.1 Å². The number of hydrogen-bond donors (Lipinski definition) is 2. The zero-order valence-corrected chi connectivity index (χ0v) is 15.8. The molecule has 1 aromatic carbocycles. The van der Waals surface area contributed by atoms with E-state index in [0.717, 1.165) is 11.1 Å². The highest BCUT2D eigenvalue weighted by Gasteiger charge is 2.52. The number of nitrogens with one attached hydrogen (secondary N) is 1. The summed E-state index contributed by atoms with van der Waals surface area (Å²) in [6.45, 7) is 9.10. The van der Waals surface area contributed by atoms with Crippen molar-refractivity contribution in [2.75, 3.05) is 6.61 Å². The number of hydrogen-bond acceptors (Lipinski definition) is 6. The SMILES string of the molecule is CC(=O)N[C@H]1[C@H](Oc2c(C)cccc2C)O[C@@H]2COC(C)(C)O[C@H]2[C@@H]1O. The molecule has 2 N–H and O–H groups in total. The summed E-state index contributed by atoms with van der Waals surface area (Å²) in [5.74, 6) is -0.430. The largest absolute Gasteiger partial charge is 0.462 e. The van der Waals surface area contributed by atoms with Gasteiger partial charge < -0.3 is 29.4 Å². The lowest BCUT2D eigenvalue weighted by molar-refractivity contribution is -0.361. The Hall–Kier alpha value is -1.67. The molecule has 2 heterocycles. The van der Waals surface area contributed by atoms with E-state index in [1.165, 1.54) is 6.92 Å². The smallest absolute Gasteiger partial charge is 0.223 e. The third-order valence-electron chi connectivity index (χ3n) is 4.70. The highest BCUT2D eigenvalue weighted by molar-refractivity contribution is 5.73. The first kappa shape index (κ1) is 19.1. The number of carbonyl (C=O) groups is 1. The van der Waals surface area contributed by atoms with E-state index in [0.29, 0.717) is 5.75 Å². The number of carbonyl (C=O) groups excluding carboxylic acids is 1. The lowest BCUT2D eigenvalue weighted by Gasteiger charge is -2.49. The second-order valence-electron chi connectivity index (χ2n) is 7.39. The maximum atomic E-state index is 11.7. The molecular weight excluding hydrogens is 338 g/mol. The minimum Gasteiger partial charge on any atom is -0.462 e. The van der Waals surface area contributed by atoms with Gasteiger partial charge in [-0.2, -0.15) is 0 Å². The van der Waals surface area contributed by atoms with Crippen molar-refractivity contribution in [2.45, 2.75) is 71.0 Å². The molecule has 2 fully saturated rings. The number of amides is 1. The first-order valence-electron chi connectivity index (χ1n) is 8.83. The molecule has 2 aliphatic heterocycles. The van der Waals surface area contributed by atoms with Crippen molar-refractivity contribution in [3.8, 4) is 5.75 Å². The molecular formula is C19H27NO6. The summed E-state index contributed by atoms with van der Waals surface area (Å²) < 4.78 is 23.6. The van der Waals surface area contributed by atoms with Gasteiger partial charge in [-0.1, -0.05) is 18.2 Å². The molecule has 2 aliphatic rings. The van der Waals surface area contributed by atoms with Crippen molar-refractivity contribution in [2.24, 2.45) is 0 Å². The van der Waals surface area contributed by atoms with Crippen LogP contribution in [0.5, 0.6) is 5.75 Å². The van der Waals surface area contributed by atoms with Gasteiger partial charge in [-0.05, 0) is 38.8 Å². The standard InChI is InChI=1S/C19H27NO6/c1-10-7-6-8-11(2)16(10)25-18-14(20-12(3)21)15(22)17-13(24-18)9-23-19(4,5)26-17/h6-8,13-15,17-18,22H,9H2,1-5H3,(H,20,21)/t13-,14-,15-,17-,18+/m1/s1. The molecule has 3 rings (SSSR count). The Morgan fingerprint density at radius 3 is 2.58 bits per heavy atom. The predicted molar refractivity (Wildman–Crippen MR) is 93.7 cm³/mol. The molecule has 2 saturated heterocycles. The molecule has 0 radical (unpaired) electrons. The van der Waals surface area contributed by atoms with Crippen LogP contribution in [0, 0.1) is 13.8 Å². The minimum atomic E-state index is -0.991. The number of aryl methyl sites for hydroxylation is 2. The molecule has 0 aromatic heterocycles. The summed E-state index contributed by atoms with van der Waals surface area (Å²) in [6.07, 6.45) is -2.95. The van der Waals surface area contributed by atoms with Gasteiger partial charge in [0.1, 0.15) is 30.1 Å². The fourth-order valence-electron chi connectivity index (χ4n) is 3.43. The predicted octanol–water partition coefficient (Wildman–Crippen LogP) is 1.42. The van der Waals surface area contributed by atoms with Crippen LogP contribution in [0.1, 0.15) is 31.9 Å². The Morgan fingerprint density at radius 1 is 1.31 bits per heavy atom. The van der Waals surface area contributed by atoms with Crippen LogP contribution in [0.4, 0.5) is 0 Å². The zero-order chi connectivity index (χ0) is 19.1. The monoisotopic (exact) mass is 365 g/mol. The van der Waals surface area contributed by atoms with Crippen LogP contribution in [-0.4, -0.2) is 54.1 Å². The number of aliphatic hydroxyl groups is 1. The molecule has 1 amide bonds. The number of rotatable bonds is 3. The maximum Gasteiger partial charge on any atom is 0.223 e. The van der Waals surface area contributed by atoms with Crippen LogP contribution in [0.2, 0.25) is 0 Å². The minimum absolute atomic E-state index is 0.272. The fourth-order valence-corrected chi connectivity index (χ4v) is 3.43. The second kappa shape index (κ2) is 7.15. The number of fused-ring (bicyclic) bond motifs is 1. The Bertz CT molecular complexity index is 656. The summed E-state index contributed by atoms with van der Waals surface area (Å²) in [6, 6.07) is 5.06. The molecule has 0 aliphatic carbocycles. The third kappa shape index (κ3) is 3.86. The van der Waals surface area contributed by atoms with Gasteiger partial charge in [0.2, 0.25) is 12.2 Å². The molecule has 26 heavy (non-hydrogen) atoms. The van der Waals surface area contributed by atoms with Gasteiger partial charge in [0, 0.05) is 6.92 Å². The number of para-hydroxylation sites is 1. The topological polar surface area (TPSA) is 86.3 Å². The highest BCUT2D eigenvalue weighted by atomic mass is 16.8. The Kier molecular flexibility index (Phi) is 5.25. The summed E-state index contributed by atoms with van der Waals surface area (Å²) in [5, 5.41) is 13.6. The van der Waals surface area contributed by atoms with Crippen molar-refractivity contribution in [1.82, 2.24) is 5.32 Å². The van der Waals surface area contributed by atoms with E-state index in [-0.39, 0.29) is 12.5 Å². The van der Waals surface area contributed by atoms with Gasteiger partial charge in [-0.25, -0.2) is 0 Å². The van der Waals surface area contributed by atoms with E-state index < -0.39 is 36.4 Å². The summed E-state index contributed by atoms with van der Waals surface area (Å²) in [4.78, 5) is 11.7. The molecule has 7 nitrogen and oxygen atoms in total. The zero-order valence-electron chi connectivity index (χ0n) is 15.8. The van der Waals surface area contributed by atoms with Crippen molar-refractivity contribution >= 4 is 5.91 Å². The number of aliphatic hydroxyl groups excluding tert-OH is 1. The van der Waals surface area contributed by atoms with Gasteiger partial charge in [0.25, 0.3) is 0 Å². The van der Waals surface area contributed by atoms with E-state index in [2.05, 4.69) is 5.32 Å². The normalized spacial score (nSPS) is 33.2. The Balaban J connectivity index is 1.87. The quantitative estimate of drug-likeness (QED) is 0.843. The molecule has 0 unspecified atom stereocenters. The molecule has 0 spiro atoms. The van der Waals surface area contributed by atoms with Gasteiger partial charge in [0.15, 0.2) is 5.79 Å². The summed E-state index contributed by atoms with van der Waals surface area (Å²) in [5.41, 5.74) is 1.90. The lowest BCUT2D eigenvalue weighted by Crippen LogP contribution is -2.69. The van der Waals surface area contributed by atoms with Gasteiger partial charge >= 0.3 is 0 Å². The van der Waals surface area contributed by atoms with E-state index in [1.807, 2.05) is 32.0 Å². The summed E-state index contributed by atoms with van der Waals surface area (Å²) in [7, 11) is 0. The first-order chi connectivity index (χ1) is 12.2. The van der Waals surface area contributed by atoms with Gasteiger partial charge in [0.05, 0.1) is 6.61 Å².